The SMILES string of the molecule is [H-].[La].[Li+].[O]=[Zn]. The summed E-state index contributed by atoms with van der Waals surface area (Å²) in [5.41, 5.74) is 0. The van der Waals surface area contributed by atoms with E-state index in [9.17, 15) is 0 Å². The minimum atomic E-state index is 0. The molecule has 0 saturated heterocycles. The van der Waals surface area contributed by atoms with Crippen LogP contribution in [-0.4, -0.2) is 0 Å². The van der Waals surface area contributed by atoms with Crippen molar-refractivity contribution < 1.29 is 77.7 Å². The van der Waals surface area contributed by atoms with Crippen LogP contribution in [0.4, 0.5) is 0 Å². The molecule has 0 unspecified atom stereocenters. The van der Waals surface area contributed by atoms with E-state index < -0.39 is 0 Å². The molecule has 0 aliphatic heterocycles. The zero-order chi connectivity index (χ0) is 2.00. The van der Waals surface area contributed by atoms with E-state index in [0.717, 1.165) is 0 Å². The Labute approximate surface area is 76.5 Å². The van der Waals surface area contributed by atoms with E-state index in [4.69, 9.17) is 3.57 Å². The molecule has 13 valence electrons. The van der Waals surface area contributed by atoms with E-state index in [2.05, 4.69) is 0 Å². The van der Waals surface area contributed by atoms with Crippen molar-refractivity contribution in [3.8, 4) is 0 Å². The Morgan fingerprint density at radius 2 is 1.50 bits per heavy atom. The number of rotatable bonds is 0. The van der Waals surface area contributed by atoms with E-state index in [0.29, 0.717) is 0 Å². The minimum absolute atomic E-state index is 0. The van der Waals surface area contributed by atoms with Gasteiger partial charge in [0, 0.05) is 35.6 Å². The first-order chi connectivity index (χ1) is 1.00. The van der Waals surface area contributed by atoms with Crippen LogP contribution in [0, 0.1) is 35.6 Å². The van der Waals surface area contributed by atoms with Crippen molar-refractivity contribution in [3.63, 3.8) is 0 Å². The molecular formula is HLaLiOZn. The van der Waals surface area contributed by atoms with Gasteiger partial charge < -0.3 is 1.43 Å². The zero-order valence-electron chi connectivity index (χ0n) is 3.69. The van der Waals surface area contributed by atoms with Crippen molar-refractivity contribution in [2.75, 3.05) is 0 Å². The molecule has 0 spiro atoms. The normalized spacial score (nSPS) is 1.50. The Morgan fingerprint density at radius 3 is 1.50 bits per heavy atom. The second-order valence-corrected chi connectivity index (χ2v) is 0. The van der Waals surface area contributed by atoms with Gasteiger partial charge in [0.15, 0.2) is 0 Å². The standard InChI is InChI=1S/La.Li.O.Zn.H/q;+1;;;-1. The summed E-state index contributed by atoms with van der Waals surface area (Å²) >= 11 is 0.125. The van der Waals surface area contributed by atoms with E-state index in [1.165, 1.54) is 0 Å². The van der Waals surface area contributed by atoms with Crippen molar-refractivity contribution in [1.29, 1.82) is 0 Å². The van der Waals surface area contributed by atoms with E-state index >= 15 is 0 Å². The molecule has 0 heterocycles. The van der Waals surface area contributed by atoms with E-state index in [1.807, 2.05) is 0 Å². The van der Waals surface area contributed by atoms with Crippen LogP contribution in [0.15, 0.2) is 0 Å². The van der Waals surface area contributed by atoms with Crippen molar-refractivity contribution in [1.82, 2.24) is 0 Å². The van der Waals surface area contributed by atoms with Crippen molar-refractivity contribution in [2.24, 2.45) is 0 Å². The van der Waals surface area contributed by atoms with E-state index in [-0.39, 0.29) is 74.1 Å². The molecule has 0 bridgehead atoms. The second kappa shape index (κ2) is 18.9. The molecule has 0 aromatic carbocycles. The summed E-state index contributed by atoms with van der Waals surface area (Å²) < 4.78 is 8.38. The van der Waals surface area contributed by atoms with Gasteiger partial charge in [0.1, 0.15) is 0 Å². The van der Waals surface area contributed by atoms with Gasteiger partial charge in [-0.1, -0.05) is 0 Å². The fourth-order valence-electron chi connectivity index (χ4n) is 0. The quantitative estimate of drug-likeness (QED) is 0.404. The number of hydrogen-bond acceptors (Lipinski definition) is 1. The average molecular weight is 228 g/mol. The average Bonchev–Trinajstić information content (AvgIpc) is 1.00. The van der Waals surface area contributed by atoms with Gasteiger partial charge >= 0.3 is 40.7 Å². The van der Waals surface area contributed by atoms with Crippen LogP contribution >= 0.6 is 0 Å². The molecule has 1 nitrogen and oxygen atoms in total. The third-order valence-electron chi connectivity index (χ3n) is 0. The fourth-order valence-corrected chi connectivity index (χ4v) is 0. The molecule has 0 aliphatic rings. The first kappa shape index (κ1) is 16.4. The molecule has 1 radical (unpaired) electrons. The van der Waals surface area contributed by atoms with Crippen molar-refractivity contribution in [2.45, 2.75) is 0 Å². The maximum absolute atomic E-state index is 8.38. The first-order valence-corrected chi connectivity index (χ1v) is 1.50. The van der Waals surface area contributed by atoms with Gasteiger partial charge in [0.2, 0.25) is 0 Å². The monoisotopic (exact) mass is 227 g/mol. The number of hydrogen-bond donors (Lipinski definition) is 0. The molecule has 0 fully saturated rings. The van der Waals surface area contributed by atoms with Crippen LogP contribution in [0.3, 0.4) is 0 Å². The Morgan fingerprint density at radius 1 is 1.50 bits per heavy atom. The summed E-state index contributed by atoms with van der Waals surface area (Å²) in [5.74, 6) is 0. The summed E-state index contributed by atoms with van der Waals surface area (Å²) in [6.07, 6.45) is 0. The summed E-state index contributed by atoms with van der Waals surface area (Å²) in [7, 11) is 0. The fraction of sp³-hybridized carbons (Fsp3) is 0. The van der Waals surface area contributed by atoms with E-state index in [1.54, 1.807) is 0 Å². The molecule has 4 heteroatoms. The van der Waals surface area contributed by atoms with Crippen LogP contribution in [0.1, 0.15) is 1.43 Å². The molecule has 0 saturated carbocycles. The third kappa shape index (κ3) is 8.88. The molecule has 0 aliphatic carbocycles. The second-order valence-electron chi connectivity index (χ2n) is 0. The summed E-state index contributed by atoms with van der Waals surface area (Å²) in [6, 6.07) is 0. The van der Waals surface area contributed by atoms with Crippen LogP contribution < -0.4 is 18.9 Å². The van der Waals surface area contributed by atoms with Crippen molar-refractivity contribution in [3.05, 3.63) is 0 Å². The zero-order valence-corrected chi connectivity index (χ0v) is 9.29. The molecule has 0 rings (SSSR count). The molecule has 0 aromatic heterocycles. The Bertz CT molecular complexity index is 11.6. The van der Waals surface area contributed by atoms with Gasteiger partial charge in [-0.05, 0) is 0 Å². The molecular weight excluding hydrogens is 227 g/mol. The predicted octanol–water partition coefficient (Wildman–Crippen LogP) is -3.00. The molecule has 4 heavy (non-hydrogen) atoms. The first-order valence-electron chi connectivity index (χ1n) is 0.289. The predicted molar refractivity (Wildman–Crippen MR) is 1.80 cm³/mol. The van der Waals surface area contributed by atoms with Gasteiger partial charge in [-0.15, -0.1) is 0 Å². The van der Waals surface area contributed by atoms with Crippen molar-refractivity contribution >= 4 is 0 Å². The Balaban J connectivity index is -0.00000000167. The van der Waals surface area contributed by atoms with Crippen LogP contribution in [0.25, 0.3) is 0 Å². The Kier molecular flexibility index (Phi) is 77.2. The molecule has 0 atom stereocenters. The van der Waals surface area contributed by atoms with Gasteiger partial charge in [-0.3, -0.25) is 0 Å². The van der Waals surface area contributed by atoms with Gasteiger partial charge in [0.05, 0.1) is 0 Å². The van der Waals surface area contributed by atoms with Gasteiger partial charge in [0.25, 0.3) is 0 Å². The third-order valence-corrected chi connectivity index (χ3v) is 0. The Hall–Kier alpha value is 2.22. The summed E-state index contributed by atoms with van der Waals surface area (Å²) in [6.45, 7) is 0. The maximum atomic E-state index is 8.38. The molecule has 0 amide bonds. The molecule has 0 aromatic rings. The van der Waals surface area contributed by atoms with Crippen LogP contribution in [0.5, 0.6) is 0 Å². The topological polar surface area (TPSA) is 17.1 Å². The summed E-state index contributed by atoms with van der Waals surface area (Å²) in [5, 5.41) is 0. The van der Waals surface area contributed by atoms with Gasteiger partial charge in [-0.2, -0.15) is 0 Å². The van der Waals surface area contributed by atoms with Crippen LogP contribution in [-0.2, 0) is 21.8 Å². The summed E-state index contributed by atoms with van der Waals surface area (Å²) in [4.78, 5) is 0. The molecule has 0 N–H and O–H groups in total. The van der Waals surface area contributed by atoms with Crippen LogP contribution in [0.2, 0.25) is 0 Å². The van der Waals surface area contributed by atoms with Gasteiger partial charge in [-0.25, -0.2) is 0 Å².